The quantitative estimate of drug-likeness (QED) is 0.724. The van der Waals surface area contributed by atoms with Crippen molar-refractivity contribution < 1.29 is 9.90 Å². The van der Waals surface area contributed by atoms with Crippen LogP contribution in [0.15, 0.2) is 6.20 Å². The Morgan fingerprint density at radius 2 is 2.06 bits per heavy atom. The van der Waals surface area contributed by atoms with E-state index in [1.54, 1.807) is 17.8 Å². The summed E-state index contributed by atoms with van der Waals surface area (Å²) in [5.41, 5.74) is 0.912. The Labute approximate surface area is 96.3 Å². The third kappa shape index (κ3) is 3.68. The number of unbranched alkanes of at least 4 members (excludes halogenated alkanes) is 4. The van der Waals surface area contributed by atoms with Gasteiger partial charge >= 0.3 is 5.97 Å². The van der Waals surface area contributed by atoms with Gasteiger partial charge in [0, 0.05) is 12.7 Å². The van der Waals surface area contributed by atoms with Crippen LogP contribution < -0.4 is 0 Å². The van der Waals surface area contributed by atoms with Crippen molar-refractivity contribution in [2.24, 2.45) is 0 Å². The number of carboxylic acids is 1. The molecule has 0 aromatic carbocycles. The van der Waals surface area contributed by atoms with Gasteiger partial charge in [-0.25, -0.2) is 4.79 Å². The summed E-state index contributed by atoms with van der Waals surface area (Å²) in [6, 6.07) is 0. The molecule has 4 heteroatoms. The Balaban J connectivity index is 2.37. The summed E-state index contributed by atoms with van der Waals surface area (Å²) in [6.07, 6.45) is 7.65. The monoisotopic (exact) mass is 224 g/mol. The smallest absolute Gasteiger partial charge is 0.339 e. The topological polar surface area (TPSA) is 55.1 Å². The number of rotatable bonds is 7. The van der Waals surface area contributed by atoms with Crippen LogP contribution in [0.2, 0.25) is 0 Å². The van der Waals surface area contributed by atoms with E-state index in [1.807, 2.05) is 0 Å². The SMILES string of the molecule is CCCCCCCn1cc(C(=O)O)c(C)n1. The first-order valence-corrected chi connectivity index (χ1v) is 5.92. The average Bonchev–Trinajstić information content (AvgIpc) is 2.59. The molecule has 0 bridgehead atoms. The van der Waals surface area contributed by atoms with Crippen LogP contribution in [0.5, 0.6) is 0 Å². The second-order valence-corrected chi connectivity index (χ2v) is 4.11. The summed E-state index contributed by atoms with van der Waals surface area (Å²) in [5, 5.41) is 13.1. The van der Waals surface area contributed by atoms with Crippen LogP contribution in [0.4, 0.5) is 0 Å². The number of aromatic carboxylic acids is 1. The largest absolute Gasteiger partial charge is 0.478 e. The number of nitrogens with zero attached hydrogens (tertiary/aromatic N) is 2. The van der Waals surface area contributed by atoms with E-state index in [0.29, 0.717) is 11.3 Å². The van der Waals surface area contributed by atoms with Gasteiger partial charge in [0.2, 0.25) is 0 Å². The van der Waals surface area contributed by atoms with Crippen LogP contribution in [0.3, 0.4) is 0 Å². The summed E-state index contributed by atoms with van der Waals surface area (Å²) in [6.45, 7) is 4.74. The molecule has 1 heterocycles. The summed E-state index contributed by atoms with van der Waals surface area (Å²) in [5.74, 6) is -0.894. The van der Waals surface area contributed by atoms with Crippen LogP contribution in [0.25, 0.3) is 0 Å². The molecule has 1 N–H and O–H groups in total. The van der Waals surface area contributed by atoms with Crippen molar-refractivity contribution in [1.82, 2.24) is 9.78 Å². The van der Waals surface area contributed by atoms with E-state index < -0.39 is 5.97 Å². The minimum Gasteiger partial charge on any atom is -0.478 e. The minimum absolute atomic E-state index is 0.313. The van der Waals surface area contributed by atoms with Crippen LogP contribution >= 0.6 is 0 Å². The standard InChI is InChI=1S/C12H20N2O2/c1-3-4-5-6-7-8-14-9-11(12(15)16)10(2)13-14/h9H,3-8H2,1-2H3,(H,15,16). The number of aryl methyl sites for hydroxylation is 2. The lowest BCUT2D eigenvalue weighted by atomic mass is 10.1. The predicted molar refractivity (Wildman–Crippen MR) is 62.7 cm³/mol. The second-order valence-electron chi connectivity index (χ2n) is 4.11. The highest BCUT2D eigenvalue weighted by Crippen LogP contribution is 2.08. The van der Waals surface area contributed by atoms with Gasteiger partial charge in [0.05, 0.1) is 5.69 Å². The first-order chi connectivity index (χ1) is 7.65. The molecule has 1 rings (SSSR count). The van der Waals surface area contributed by atoms with Crippen LogP contribution in [0.1, 0.15) is 55.1 Å². The molecule has 0 radical (unpaired) electrons. The second kappa shape index (κ2) is 6.30. The highest BCUT2D eigenvalue weighted by molar-refractivity contribution is 5.88. The van der Waals surface area contributed by atoms with E-state index in [1.165, 1.54) is 25.7 Å². The zero-order valence-electron chi connectivity index (χ0n) is 10.1. The molecule has 0 spiro atoms. The van der Waals surface area contributed by atoms with Crippen molar-refractivity contribution in [2.75, 3.05) is 0 Å². The normalized spacial score (nSPS) is 10.6. The van der Waals surface area contributed by atoms with Crippen molar-refractivity contribution >= 4 is 5.97 Å². The molecule has 0 aliphatic carbocycles. The first kappa shape index (κ1) is 12.7. The third-order valence-electron chi connectivity index (χ3n) is 2.67. The van der Waals surface area contributed by atoms with E-state index in [9.17, 15) is 4.79 Å². The molecule has 0 saturated carbocycles. The number of hydrogen-bond donors (Lipinski definition) is 1. The summed E-state index contributed by atoms with van der Waals surface area (Å²) >= 11 is 0. The highest BCUT2D eigenvalue weighted by Gasteiger charge is 2.10. The first-order valence-electron chi connectivity index (χ1n) is 5.92. The van der Waals surface area contributed by atoms with E-state index in [2.05, 4.69) is 12.0 Å². The van der Waals surface area contributed by atoms with Crippen molar-refractivity contribution in [1.29, 1.82) is 0 Å². The van der Waals surface area contributed by atoms with Crippen LogP contribution in [0, 0.1) is 6.92 Å². The summed E-state index contributed by atoms with van der Waals surface area (Å²) < 4.78 is 1.74. The van der Waals surface area contributed by atoms with Gasteiger partial charge < -0.3 is 5.11 Å². The van der Waals surface area contributed by atoms with Gasteiger partial charge in [-0.3, -0.25) is 4.68 Å². The minimum atomic E-state index is -0.894. The Bertz CT molecular complexity index is 345. The maximum absolute atomic E-state index is 10.8. The van der Waals surface area contributed by atoms with Crippen molar-refractivity contribution in [3.63, 3.8) is 0 Å². The van der Waals surface area contributed by atoms with E-state index in [0.717, 1.165) is 13.0 Å². The number of aromatic nitrogens is 2. The van der Waals surface area contributed by atoms with Crippen LogP contribution in [-0.2, 0) is 6.54 Å². The Morgan fingerprint density at radius 3 is 2.62 bits per heavy atom. The van der Waals surface area contributed by atoms with Gasteiger partial charge in [-0.05, 0) is 13.3 Å². The average molecular weight is 224 g/mol. The van der Waals surface area contributed by atoms with Gasteiger partial charge in [0.15, 0.2) is 0 Å². The van der Waals surface area contributed by atoms with Gasteiger partial charge in [-0.15, -0.1) is 0 Å². The number of carboxylic acid groups (broad SMARTS) is 1. The molecule has 0 aliphatic rings. The van der Waals surface area contributed by atoms with E-state index in [4.69, 9.17) is 5.11 Å². The molecule has 1 aromatic heterocycles. The van der Waals surface area contributed by atoms with Crippen molar-refractivity contribution in [2.45, 2.75) is 52.5 Å². The fraction of sp³-hybridized carbons (Fsp3) is 0.667. The molecule has 1 aromatic rings. The molecule has 4 nitrogen and oxygen atoms in total. The van der Waals surface area contributed by atoms with Crippen LogP contribution in [-0.4, -0.2) is 20.9 Å². The molecule has 0 atom stereocenters. The summed E-state index contributed by atoms with van der Waals surface area (Å²) in [4.78, 5) is 10.8. The van der Waals surface area contributed by atoms with Gasteiger partial charge in [0.25, 0.3) is 0 Å². The van der Waals surface area contributed by atoms with Gasteiger partial charge in [-0.1, -0.05) is 32.6 Å². The highest BCUT2D eigenvalue weighted by atomic mass is 16.4. The number of carbonyl (C=O) groups is 1. The molecule has 0 aliphatic heterocycles. The molecule has 0 fully saturated rings. The van der Waals surface area contributed by atoms with Gasteiger partial charge in [0.1, 0.15) is 5.56 Å². The zero-order chi connectivity index (χ0) is 12.0. The molecular weight excluding hydrogens is 204 g/mol. The lowest BCUT2D eigenvalue weighted by molar-refractivity contribution is 0.0696. The van der Waals surface area contributed by atoms with Gasteiger partial charge in [-0.2, -0.15) is 5.10 Å². The molecule has 0 amide bonds. The Morgan fingerprint density at radius 1 is 1.38 bits per heavy atom. The Kier molecular flexibility index (Phi) is 5.02. The summed E-state index contributed by atoms with van der Waals surface area (Å²) in [7, 11) is 0. The fourth-order valence-electron chi connectivity index (χ4n) is 1.72. The number of hydrogen-bond acceptors (Lipinski definition) is 2. The zero-order valence-corrected chi connectivity index (χ0v) is 10.1. The van der Waals surface area contributed by atoms with Crippen molar-refractivity contribution in [3.05, 3.63) is 17.5 Å². The van der Waals surface area contributed by atoms with Crippen molar-refractivity contribution in [3.8, 4) is 0 Å². The lowest BCUT2D eigenvalue weighted by Crippen LogP contribution is -1.99. The predicted octanol–water partition coefficient (Wildman–Crippen LogP) is 2.86. The van der Waals surface area contributed by atoms with E-state index in [-0.39, 0.29) is 0 Å². The molecule has 16 heavy (non-hydrogen) atoms. The molecule has 90 valence electrons. The maximum Gasteiger partial charge on any atom is 0.339 e. The third-order valence-corrected chi connectivity index (χ3v) is 2.67. The fourth-order valence-corrected chi connectivity index (χ4v) is 1.72. The molecule has 0 unspecified atom stereocenters. The lowest BCUT2D eigenvalue weighted by Gasteiger charge is -2.00. The Hall–Kier alpha value is -1.32. The van der Waals surface area contributed by atoms with E-state index >= 15 is 0 Å². The maximum atomic E-state index is 10.8. The molecular formula is C12H20N2O2. The molecule has 0 saturated heterocycles.